The first-order valence-electron chi connectivity index (χ1n) is 5.92. The van der Waals surface area contributed by atoms with Crippen LogP contribution in [0.4, 0.5) is 10.1 Å². The SMILES string of the molecule is COc1ccc(Br)cc1NC(=O)c1ccc(F)cc1C. The van der Waals surface area contributed by atoms with E-state index in [2.05, 4.69) is 21.2 Å². The lowest BCUT2D eigenvalue weighted by Crippen LogP contribution is -2.14. The Bertz CT molecular complexity index is 658. The van der Waals surface area contributed by atoms with E-state index in [9.17, 15) is 9.18 Å². The van der Waals surface area contributed by atoms with E-state index in [1.807, 2.05) is 6.07 Å². The molecule has 0 aliphatic rings. The van der Waals surface area contributed by atoms with Gasteiger partial charge in [-0.3, -0.25) is 4.79 Å². The highest BCUT2D eigenvalue weighted by molar-refractivity contribution is 9.10. The van der Waals surface area contributed by atoms with Gasteiger partial charge in [0.1, 0.15) is 11.6 Å². The molecule has 5 heteroatoms. The fourth-order valence-corrected chi connectivity index (χ4v) is 2.21. The summed E-state index contributed by atoms with van der Waals surface area (Å²) in [5.41, 5.74) is 1.56. The van der Waals surface area contributed by atoms with Crippen molar-refractivity contribution in [3.63, 3.8) is 0 Å². The van der Waals surface area contributed by atoms with E-state index in [1.54, 1.807) is 19.1 Å². The smallest absolute Gasteiger partial charge is 0.256 e. The first kappa shape index (κ1) is 14.5. The number of carbonyl (C=O) groups is 1. The number of nitrogens with one attached hydrogen (secondary N) is 1. The number of amides is 1. The van der Waals surface area contributed by atoms with Gasteiger partial charge >= 0.3 is 0 Å². The third-order valence-corrected chi connectivity index (χ3v) is 3.34. The molecule has 2 rings (SSSR count). The van der Waals surface area contributed by atoms with Crippen molar-refractivity contribution in [1.29, 1.82) is 0 Å². The first-order valence-corrected chi connectivity index (χ1v) is 6.71. The van der Waals surface area contributed by atoms with Crippen molar-refractivity contribution in [2.45, 2.75) is 6.92 Å². The molecule has 1 amide bonds. The molecule has 1 N–H and O–H groups in total. The van der Waals surface area contributed by atoms with Crippen molar-refractivity contribution >= 4 is 27.5 Å². The topological polar surface area (TPSA) is 38.3 Å². The predicted molar refractivity (Wildman–Crippen MR) is 79.8 cm³/mol. The lowest BCUT2D eigenvalue weighted by molar-refractivity contribution is 0.102. The summed E-state index contributed by atoms with van der Waals surface area (Å²) in [5, 5.41) is 2.76. The molecule has 0 spiro atoms. The van der Waals surface area contributed by atoms with E-state index < -0.39 is 0 Å². The minimum absolute atomic E-state index is 0.307. The molecule has 2 aromatic carbocycles. The third-order valence-electron chi connectivity index (χ3n) is 2.84. The van der Waals surface area contributed by atoms with Crippen LogP contribution < -0.4 is 10.1 Å². The molecule has 0 unspecified atom stereocenters. The summed E-state index contributed by atoms with van der Waals surface area (Å²) in [6.45, 7) is 1.69. The number of aryl methyl sites for hydroxylation is 1. The monoisotopic (exact) mass is 337 g/mol. The quantitative estimate of drug-likeness (QED) is 0.913. The van der Waals surface area contributed by atoms with Crippen LogP contribution >= 0.6 is 15.9 Å². The second-order valence-electron chi connectivity index (χ2n) is 4.26. The van der Waals surface area contributed by atoms with E-state index >= 15 is 0 Å². The molecule has 2 aromatic rings. The fourth-order valence-electron chi connectivity index (χ4n) is 1.85. The number of hydrogen-bond acceptors (Lipinski definition) is 2. The second kappa shape index (κ2) is 6.05. The highest BCUT2D eigenvalue weighted by atomic mass is 79.9. The average molecular weight is 338 g/mol. The van der Waals surface area contributed by atoms with Crippen molar-refractivity contribution in [1.82, 2.24) is 0 Å². The number of carbonyl (C=O) groups excluding carboxylic acids is 1. The molecule has 0 heterocycles. The fraction of sp³-hybridized carbons (Fsp3) is 0.133. The van der Waals surface area contributed by atoms with Gasteiger partial charge in [-0.2, -0.15) is 0 Å². The first-order chi connectivity index (χ1) is 9.51. The summed E-state index contributed by atoms with van der Waals surface area (Å²) >= 11 is 3.34. The van der Waals surface area contributed by atoms with Crippen LogP contribution in [0.2, 0.25) is 0 Å². The minimum Gasteiger partial charge on any atom is -0.495 e. The Morgan fingerprint density at radius 3 is 2.65 bits per heavy atom. The van der Waals surface area contributed by atoms with E-state index in [4.69, 9.17) is 4.74 Å². The summed E-state index contributed by atoms with van der Waals surface area (Å²) in [6.07, 6.45) is 0. The molecule has 0 saturated heterocycles. The third kappa shape index (κ3) is 3.17. The van der Waals surface area contributed by atoms with Gasteiger partial charge in [0.2, 0.25) is 0 Å². The average Bonchev–Trinajstić information content (AvgIpc) is 2.38. The normalized spacial score (nSPS) is 10.2. The van der Waals surface area contributed by atoms with E-state index in [0.29, 0.717) is 22.6 Å². The van der Waals surface area contributed by atoms with Crippen LogP contribution in [0.5, 0.6) is 5.75 Å². The molecule has 0 aromatic heterocycles. The summed E-state index contributed by atoms with van der Waals surface area (Å²) in [4.78, 5) is 12.2. The van der Waals surface area contributed by atoms with Gasteiger partial charge in [0.25, 0.3) is 5.91 Å². The van der Waals surface area contributed by atoms with Gasteiger partial charge in [0.05, 0.1) is 12.8 Å². The number of methoxy groups -OCH3 is 1. The molecule has 0 fully saturated rings. The molecule has 0 aliphatic heterocycles. The van der Waals surface area contributed by atoms with E-state index in [0.717, 1.165) is 4.47 Å². The van der Waals surface area contributed by atoms with Gasteiger partial charge in [0, 0.05) is 10.0 Å². The Labute approximate surface area is 124 Å². The Kier molecular flexibility index (Phi) is 4.39. The van der Waals surface area contributed by atoms with Crippen LogP contribution in [0.1, 0.15) is 15.9 Å². The lowest BCUT2D eigenvalue weighted by atomic mass is 10.1. The van der Waals surface area contributed by atoms with Crippen LogP contribution in [-0.4, -0.2) is 13.0 Å². The Balaban J connectivity index is 2.30. The Hall–Kier alpha value is -1.88. The number of benzene rings is 2. The van der Waals surface area contributed by atoms with Gasteiger partial charge in [-0.05, 0) is 48.9 Å². The van der Waals surface area contributed by atoms with Crippen molar-refractivity contribution in [2.75, 3.05) is 12.4 Å². The number of halogens is 2. The Morgan fingerprint density at radius 2 is 2.00 bits per heavy atom. The van der Waals surface area contributed by atoms with Gasteiger partial charge in [-0.1, -0.05) is 15.9 Å². The molecule has 0 saturated carbocycles. The van der Waals surface area contributed by atoms with Crippen LogP contribution in [0.15, 0.2) is 40.9 Å². The van der Waals surface area contributed by atoms with Crippen LogP contribution in [0.3, 0.4) is 0 Å². The van der Waals surface area contributed by atoms with Gasteiger partial charge in [0.15, 0.2) is 0 Å². The molecule has 104 valence electrons. The summed E-state index contributed by atoms with van der Waals surface area (Å²) in [7, 11) is 1.53. The lowest BCUT2D eigenvalue weighted by Gasteiger charge is -2.11. The zero-order valence-corrected chi connectivity index (χ0v) is 12.6. The van der Waals surface area contributed by atoms with Crippen LogP contribution in [0, 0.1) is 12.7 Å². The molecule has 0 atom stereocenters. The van der Waals surface area contributed by atoms with Crippen molar-refractivity contribution in [2.24, 2.45) is 0 Å². The number of rotatable bonds is 3. The minimum atomic E-state index is -0.362. The summed E-state index contributed by atoms with van der Waals surface area (Å²) < 4.78 is 19.1. The maximum Gasteiger partial charge on any atom is 0.256 e. The maximum absolute atomic E-state index is 13.1. The molecule has 0 aliphatic carbocycles. The van der Waals surface area contributed by atoms with E-state index in [-0.39, 0.29) is 11.7 Å². The highest BCUT2D eigenvalue weighted by Gasteiger charge is 2.12. The standard InChI is InChI=1S/C15H13BrFNO2/c1-9-7-11(17)4-5-12(9)15(19)18-13-8-10(16)3-6-14(13)20-2/h3-8H,1-2H3,(H,18,19). The zero-order chi connectivity index (χ0) is 14.7. The molecule has 3 nitrogen and oxygen atoms in total. The summed E-state index contributed by atoms with van der Waals surface area (Å²) in [5.74, 6) is -0.112. The largest absolute Gasteiger partial charge is 0.495 e. The highest BCUT2D eigenvalue weighted by Crippen LogP contribution is 2.28. The van der Waals surface area contributed by atoms with Crippen LogP contribution in [-0.2, 0) is 0 Å². The van der Waals surface area contributed by atoms with Crippen molar-refractivity contribution in [3.05, 3.63) is 57.8 Å². The van der Waals surface area contributed by atoms with E-state index in [1.165, 1.54) is 25.3 Å². The molecule has 20 heavy (non-hydrogen) atoms. The van der Waals surface area contributed by atoms with Gasteiger partial charge in [-0.25, -0.2) is 4.39 Å². The maximum atomic E-state index is 13.1. The number of hydrogen-bond donors (Lipinski definition) is 1. The Morgan fingerprint density at radius 1 is 1.25 bits per heavy atom. The molecular weight excluding hydrogens is 325 g/mol. The number of ether oxygens (including phenoxy) is 1. The second-order valence-corrected chi connectivity index (χ2v) is 5.17. The van der Waals surface area contributed by atoms with Crippen molar-refractivity contribution < 1.29 is 13.9 Å². The summed E-state index contributed by atoms with van der Waals surface area (Å²) in [6, 6.07) is 9.36. The molecular formula is C15H13BrFNO2. The molecule has 0 bridgehead atoms. The molecule has 0 radical (unpaired) electrons. The van der Waals surface area contributed by atoms with Gasteiger partial charge in [-0.15, -0.1) is 0 Å². The number of anilines is 1. The zero-order valence-electron chi connectivity index (χ0n) is 11.0. The van der Waals surface area contributed by atoms with Gasteiger partial charge < -0.3 is 10.1 Å². The van der Waals surface area contributed by atoms with Crippen molar-refractivity contribution in [3.8, 4) is 5.75 Å². The van der Waals surface area contributed by atoms with Crippen LogP contribution in [0.25, 0.3) is 0 Å². The predicted octanol–water partition coefficient (Wildman–Crippen LogP) is 4.16.